The molecule has 0 radical (unpaired) electrons. The fourth-order valence-electron chi connectivity index (χ4n) is 3.22. The van der Waals surface area contributed by atoms with E-state index in [0.29, 0.717) is 12.2 Å². The van der Waals surface area contributed by atoms with E-state index in [9.17, 15) is 4.79 Å². The van der Waals surface area contributed by atoms with Crippen LogP contribution in [0.3, 0.4) is 0 Å². The van der Waals surface area contributed by atoms with Gasteiger partial charge < -0.3 is 0 Å². The second-order valence-corrected chi connectivity index (χ2v) is 6.09. The normalized spacial score (nSPS) is 22.9. The number of rotatable bonds is 3. The molecular weight excluding hydrogens is 246 g/mol. The van der Waals surface area contributed by atoms with Crippen molar-refractivity contribution < 1.29 is 4.79 Å². The van der Waals surface area contributed by atoms with Crippen LogP contribution in [0.5, 0.6) is 0 Å². The molecule has 2 aromatic rings. The van der Waals surface area contributed by atoms with Crippen molar-refractivity contribution in [2.24, 2.45) is 11.8 Å². The highest BCUT2D eigenvalue weighted by molar-refractivity contribution is 5.89. The van der Waals surface area contributed by atoms with E-state index in [-0.39, 0.29) is 5.92 Å². The molecule has 1 aliphatic rings. The van der Waals surface area contributed by atoms with Gasteiger partial charge in [-0.15, -0.1) is 0 Å². The first-order valence-corrected chi connectivity index (χ1v) is 7.59. The monoisotopic (exact) mass is 267 g/mol. The Bertz CT molecular complexity index is 606. The van der Waals surface area contributed by atoms with Crippen molar-refractivity contribution in [3.05, 3.63) is 42.1 Å². The van der Waals surface area contributed by atoms with Crippen LogP contribution >= 0.6 is 0 Å². The second-order valence-electron chi connectivity index (χ2n) is 6.09. The van der Waals surface area contributed by atoms with Crippen LogP contribution in [0.4, 0.5) is 0 Å². The zero-order chi connectivity index (χ0) is 13.9. The van der Waals surface area contributed by atoms with E-state index in [1.54, 1.807) is 0 Å². The highest BCUT2D eigenvalue weighted by atomic mass is 16.1. The third-order valence-corrected chi connectivity index (χ3v) is 4.58. The number of carbonyl (C=O) groups is 1. The minimum Gasteiger partial charge on any atom is -0.299 e. The first-order valence-electron chi connectivity index (χ1n) is 7.59. The van der Waals surface area contributed by atoms with Crippen molar-refractivity contribution in [2.75, 3.05) is 0 Å². The maximum absolute atomic E-state index is 12.5. The number of para-hydroxylation sites is 1. The molecule has 20 heavy (non-hydrogen) atoms. The summed E-state index contributed by atoms with van der Waals surface area (Å²) in [6, 6.07) is 10.1. The van der Waals surface area contributed by atoms with Crippen molar-refractivity contribution in [3.8, 4) is 0 Å². The topological polar surface area (TPSA) is 30.0 Å². The molecule has 0 amide bonds. The summed E-state index contributed by atoms with van der Waals surface area (Å²) in [5, 5.41) is 1.12. The van der Waals surface area contributed by atoms with Gasteiger partial charge in [0.1, 0.15) is 5.78 Å². The summed E-state index contributed by atoms with van der Waals surface area (Å²) in [7, 11) is 0. The molecule has 1 saturated carbocycles. The number of fused-ring (bicyclic) bond motifs is 1. The Kier molecular flexibility index (Phi) is 3.81. The van der Waals surface area contributed by atoms with Gasteiger partial charge in [-0.1, -0.05) is 38.0 Å². The molecule has 1 fully saturated rings. The van der Waals surface area contributed by atoms with Crippen LogP contribution in [-0.4, -0.2) is 10.8 Å². The van der Waals surface area contributed by atoms with Crippen LogP contribution in [-0.2, 0) is 11.2 Å². The number of ketones is 1. The highest BCUT2D eigenvalue weighted by Crippen LogP contribution is 2.30. The fraction of sp³-hybridized carbons (Fsp3) is 0.444. The zero-order valence-electron chi connectivity index (χ0n) is 12.0. The maximum Gasteiger partial charge on any atom is 0.140 e. The van der Waals surface area contributed by atoms with Gasteiger partial charge in [-0.3, -0.25) is 9.78 Å². The van der Waals surface area contributed by atoms with Gasteiger partial charge in [0, 0.05) is 23.9 Å². The van der Waals surface area contributed by atoms with Gasteiger partial charge in [0.05, 0.1) is 5.52 Å². The highest BCUT2D eigenvalue weighted by Gasteiger charge is 2.24. The molecule has 0 atom stereocenters. The smallest absolute Gasteiger partial charge is 0.140 e. The molecule has 0 saturated heterocycles. The lowest BCUT2D eigenvalue weighted by molar-refractivity contribution is -0.123. The van der Waals surface area contributed by atoms with E-state index in [0.717, 1.165) is 35.2 Å². The van der Waals surface area contributed by atoms with Crippen molar-refractivity contribution in [3.63, 3.8) is 0 Å². The molecule has 3 rings (SSSR count). The van der Waals surface area contributed by atoms with Crippen LogP contribution in [0.2, 0.25) is 0 Å². The first kappa shape index (κ1) is 13.3. The predicted molar refractivity (Wildman–Crippen MR) is 81.6 cm³/mol. The molecular formula is C18H21NO. The molecule has 104 valence electrons. The Morgan fingerprint density at radius 3 is 2.70 bits per heavy atom. The molecule has 0 spiro atoms. The van der Waals surface area contributed by atoms with Gasteiger partial charge in [-0.2, -0.15) is 0 Å². The zero-order valence-corrected chi connectivity index (χ0v) is 12.0. The Hall–Kier alpha value is -1.70. The standard InChI is InChI=1S/C18H21NO/c1-13-6-8-14(9-7-13)18(20)12-15-10-11-19-17-5-3-2-4-16(15)17/h2-5,10-11,13-14H,6-9,12H2,1H3. The third-order valence-electron chi connectivity index (χ3n) is 4.58. The predicted octanol–water partition coefficient (Wildman–Crippen LogP) is 4.17. The maximum atomic E-state index is 12.5. The molecule has 1 aromatic heterocycles. The van der Waals surface area contributed by atoms with Crippen molar-refractivity contribution in [1.29, 1.82) is 0 Å². The van der Waals surface area contributed by atoms with Gasteiger partial charge in [0.25, 0.3) is 0 Å². The molecule has 0 aliphatic heterocycles. The summed E-state index contributed by atoms with van der Waals surface area (Å²) < 4.78 is 0. The number of aromatic nitrogens is 1. The van der Waals surface area contributed by atoms with E-state index < -0.39 is 0 Å². The number of carbonyl (C=O) groups excluding carboxylic acids is 1. The average Bonchev–Trinajstić information content (AvgIpc) is 2.48. The SMILES string of the molecule is CC1CCC(C(=O)Cc2ccnc3ccccc23)CC1. The van der Waals surface area contributed by atoms with Crippen LogP contribution in [0.1, 0.15) is 38.2 Å². The van der Waals surface area contributed by atoms with Crippen molar-refractivity contribution in [1.82, 2.24) is 4.98 Å². The number of benzene rings is 1. The van der Waals surface area contributed by atoms with E-state index in [1.165, 1.54) is 12.8 Å². The molecule has 2 heteroatoms. The Labute approximate surface area is 120 Å². The average molecular weight is 267 g/mol. The van der Waals surface area contributed by atoms with Crippen molar-refractivity contribution in [2.45, 2.75) is 39.0 Å². The number of nitrogens with zero attached hydrogens (tertiary/aromatic N) is 1. The van der Waals surface area contributed by atoms with E-state index in [2.05, 4.69) is 18.0 Å². The van der Waals surface area contributed by atoms with Crippen molar-refractivity contribution >= 4 is 16.7 Å². The fourth-order valence-corrected chi connectivity index (χ4v) is 3.22. The van der Waals surface area contributed by atoms with Crippen LogP contribution in [0.25, 0.3) is 10.9 Å². The largest absolute Gasteiger partial charge is 0.299 e. The molecule has 0 unspecified atom stereocenters. The third kappa shape index (κ3) is 2.74. The Balaban J connectivity index is 1.77. The number of hydrogen-bond acceptors (Lipinski definition) is 2. The molecule has 0 bridgehead atoms. The summed E-state index contributed by atoms with van der Waals surface area (Å²) in [6.07, 6.45) is 6.92. The van der Waals surface area contributed by atoms with Gasteiger partial charge in [-0.05, 0) is 36.5 Å². The minimum atomic E-state index is 0.276. The van der Waals surface area contributed by atoms with Crippen LogP contribution in [0.15, 0.2) is 36.5 Å². The molecule has 1 aliphatic carbocycles. The lowest BCUT2D eigenvalue weighted by Crippen LogP contribution is -2.22. The quantitative estimate of drug-likeness (QED) is 0.835. The summed E-state index contributed by atoms with van der Waals surface area (Å²) in [4.78, 5) is 16.9. The van der Waals surface area contributed by atoms with E-state index in [4.69, 9.17) is 0 Å². The van der Waals surface area contributed by atoms with Crippen LogP contribution < -0.4 is 0 Å². The lowest BCUT2D eigenvalue weighted by atomic mass is 9.79. The van der Waals surface area contributed by atoms with E-state index in [1.807, 2.05) is 30.5 Å². The molecule has 1 aromatic carbocycles. The Morgan fingerprint density at radius 1 is 1.15 bits per heavy atom. The molecule has 2 nitrogen and oxygen atoms in total. The Morgan fingerprint density at radius 2 is 1.90 bits per heavy atom. The summed E-state index contributed by atoms with van der Waals surface area (Å²) >= 11 is 0. The lowest BCUT2D eigenvalue weighted by Gasteiger charge is -2.25. The van der Waals surface area contributed by atoms with E-state index >= 15 is 0 Å². The summed E-state index contributed by atoms with van der Waals surface area (Å²) in [6.45, 7) is 2.29. The summed E-state index contributed by atoms with van der Waals surface area (Å²) in [5.41, 5.74) is 2.11. The second kappa shape index (κ2) is 5.74. The van der Waals surface area contributed by atoms with Gasteiger partial charge >= 0.3 is 0 Å². The summed E-state index contributed by atoms with van der Waals surface area (Å²) in [5.74, 6) is 1.48. The first-order chi connectivity index (χ1) is 9.74. The van der Waals surface area contributed by atoms with Gasteiger partial charge in [0.2, 0.25) is 0 Å². The van der Waals surface area contributed by atoms with Gasteiger partial charge in [0.15, 0.2) is 0 Å². The number of hydrogen-bond donors (Lipinski definition) is 0. The minimum absolute atomic E-state index is 0.276. The number of Topliss-reactive ketones (excluding diaryl/α,β-unsaturated/α-hetero) is 1. The molecule has 1 heterocycles. The van der Waals surface area contributed by atoms with Gasteiger partial charge in [-0.25, -0.2) is 0 Å². The number of pyridine rings is 1. The molecule has 0 N–H and O–H groups in total. The van der Waals surface area contributed by atoms with Crippen LogP contribution in [0, 0.1) is 11.8 Å².